The van der Waals surface area contributed by atoms with E-state index >= 15 is 0 Å². The van der Waals surface area contributed by atoms with Gasteiger partial charge in [-0.15, -0.1) is 0 Å². The van der Waals surface area contributed by atoms with Crippen LogP contribution in [0.4, 0.5) is 0 Å². The maximum atomic E-state index is 8.74. The number of nitrogens with zero attached hydrogens (tertiary/aromatic N) is 2. The molecule has 1 fully saturated rings. The van der Waals surface area contributed by atoms with Crippen molar-refractivity contribution < 1.29 is 4.74 Å². The zero-order valence-electron chi connectivity index (χ0n) is 8.99. The molecule has 1 aliphatic rings. The average molecular weight is 197 g/mol. The van der Waals surface area contributed by atoms with E-state index in [-0.39, 0.29) is 6.04 Å². The van der Waals surface area contributed by atoms with Gasteiger partial charge in [0.25, 0.3) is 0 Å². The van der Waals surface area contributed by atoms with E-state index in [2.05, 4.69) is 16.3 Å². The quantitative estimate of drug-likeness (QED) is 0.684. The first-order valence-corrected chi connectivity index (χ1v) is 5.12. The lowest BCUT2D eigenvalue weighted by Crippen LogP contribution is -2.31. The fourth-order valence-corrected chi connectivity index (χ4v) is 1.78. The molecular formula is C10H19N3O. The molecule has 1 aliphatic heterocycles. The first-order valence-electron chi connectivity index (χ1n) is 5.12. The van der Waals surface area contributed by atoms with Crippen molar-refractivity contribution in [1.82, 2.24) is 10.2 Å². The van der Waals surface area contributed by atoms with Gasteiger partial charge < -0.3 is 15.0 Å². The molecule has 4 heteroatoms. The number of likely N-dealkylation sites (tertiary alicyclic amines) is 1. The standard InChI is InChI=1S/C10H19N3O/c1-12-9(7-11)3-5-13-6-4-10(8-13)14-2/h9-10,12H,3-6,8H2,1-2H3. The molecule has 1 rings (SSSR count). The fraction of sp³-hybridized carbons (Fsp3) is 0.900. The summed E-state index contributed by atoms with van der Waals surface area (Å²) in [5.41, 5.74) is 0. The van der Waals surface area contributed by atoms with Crippen molar-refractivity contribution in [3.8, 4) is 6.07 Å². The van der Waals surface area contributed by atoms with Crippen LogP contribution in [0.25, 0.3) is 0 Å². The summed E-state index contributed by atoms with van der Waals surface area (Å²) in [4.78, 5) is 2.36. The Morgan fingerprint density at radius 1 is 1.71 bits per heavy atom. The molecule has 0 bridgehead atoms. The van der Waals surface area contributed by atoms with E-state index in [1.807, 2.05) is 7.05 Å². The van der Waals surface area contributed by atoms with Crippen LogP contribution < -0.4 is 5.32 Å². The molecule has 0 aromatic rings. The lowest BCUT2D eigenvalue weighted by molar-refractivity contribution is 0.108. The summed E-state index contributed by atoms with van der Waals surface area (Å²) in [5.74, 6) is 0. The van der Waals surface area contributed by atoms with Crippen molar-refractivity contribution in [2.75, 3.05) is 33.8 Å². The van der Waals surface area contributed by atoms with Crippen LogP contribution in [-0.2, 0) is 4.74 Å². The number of nitriles is 1. The first kappa shape index (κ1) is 11.4. The summed E-state index contributed by atoms with van der Waals surface area (Å²) in [6.45, 7) is 3.09. The Morgan fingerprint density at radius 2 is 2.50 bits per heavy atom. The van der Waals surface area contributed by atoms with Crippen LogP contribution >= 0.6 is 0 Å². The Kier molecular flexibility index (Phi) is 4.88. The first-order chi connectivity index (χ1) is 6.80. The topological polar surface area (TPSA) is 48.3 Å². The Hall–Kier alpha value is -0.630. The molecule has 14 heavy (non-hydrogen) atoms. The van der Waals surface area contributed by atoms with Crippen LogP contribution in [0.3, 0.4) is 0 Å². The highest BCUT2D eigenvalue weighted by Crippen LogP contribution is 2.12. The predicted molar refractivity (Wildman–Crippen MR) is 54.9 cm³/mol. The molecule has 1 saturated heterocycles. The zero-order chi connectivity index (χ0) is 10.4. The molecule has 0 amide bonds. The SMILES string of the molecule is CNC(C#N)CCN1CCC(OC)C1. The van der Waals surface area contributed by atoms with Gasteiger partial charge in [-0.05, 0) is 19.9 Å². The Labute approximate surface area is 85.8 Å². The molecule has 0 saturated carbocycles. The van der Waals surface area contributed by atoms with E-state index in [4.69, 9.17) is 10.00 Å². The molecule has 2 unspecified atom stereocenters. The Morgan fingerprint density at radius 3 is 3.00 bits per heavy atom. The number of nitrogens with one attached hydrogen (secondary N) is 1. The van der Waals surface area contributed by atoms with Gasteiger partial charge in [0.2, 0.25) is 0 Å². The van der Waals surface area contributed by atoms with Crippen molar-refractivity contribution >= 4 is 0 Å². The summed E-state index contributed by atoms with van der Waals surface area (Å²) >= 11 is 0. The van der Waals surface area contributed by atoms with Crippen LogP contribution in [0.1, 0.15) is 12.8 Å². The second kappa shape index (κ2) is 5.97. The maximum absolute atomic E-state index is 8.74. The van der Waals surface area contributed by atoms with Crippen LogP contribution in [0.15, 0.2) is 0 Å². The smallest absolute Gasteiger partial charge is 0.0962 e. The van der Waals surface area contributed by atoms with E-state index in [0.29, 0.717) is 6.10 Å². The summed E-state index contributed by atoms with van der Waals surface area (Å²) in [6, 6.07) is 2.21. The molecule has 1 N–H and O–H groups in total. The molecule has 1 heterocycles. The number of hydrogen-bond donors (Lipinski definition) is 1. The molecule has 0 spiro atoms. The minimum Gasteiger partial charge on any atom is -0.380 e. The fourth-order valence-electron chi connectivity index (χ4n) is 1.78. The monoisotopic (exact) mass is 197 g/mol. The number of methoxy groups -OCH3 is 1. The minimum atomic E-state index is -0.0170. The van der Waals surface area contributed by atoms with E-state index in [1.165, 1.54) is 0 Å². The molecule has 0 aliphatic carbocycles. The van der Waals surface area contributed by atoms with Crippen LogP contribution in [-0.4, -0.2) is 50.8 Å². The molecule has 0 radical (unpaired) electrons. The van der Waals surface area contributed by atoms with E-state index in [0.717, 1.165) is 32.5 Å². The third-order valence-corrected chi connectivity index (χ3v) is 2.80. The van der Waals surface area contributed by atoms with Gasteiger partial charge in [0.1, 0.15) is 0 Å². The Balaban J connectivity index is 2.17. The van der Waals surface area contributed by atoms with Crippen molar-refractivity contribution in [3.05, 3.63) is 0 Å². The van der Waals surface area contributed by atoms with Gasteiger partial charge in [0.15, 0.2) is 0 Å². The summed E-state index contributed by atoms with van der Waals surface area (Å²) < 4.78 is 5.28. The van der Waals surface area contributed by atoms with E-state index < -0.39 is 0 Å². The van der Waals surface area contributed by atoms with Gasteiger partial charge in [-0.3, -0.25) is 0 Å². The molecule has 0 aromatic carbocycles. The minimum absolute atomic E-state index is 0.0170. The predicted octanol–water partition coefficient (Wildman–Crippen LogP) is 0.209. The second-order valence-corrected chi connectivity index (χ2v) is 3.71. The zero-order valence-corrected chi connectivity index (χ0v) is 8.99. The van der Waals surface area contributed by atoms with Gasteiger partial charge in [-0.1, -0.05) is 0 Å². The molecule has 2 atom stereocenters. The third kappa shape index (κ3) is 3.26. The highest BCUT2D eigenvalue weighted by molar-refractivity contribution is 4.89. The van der Waals surface area contributed by atoms with E-state index in [1.54, 1.807) is 7.11 Å². The van der Waals surface area contributed by atoms with Crippen molar-refractivity contribution in [1.29, 1.82) is 5.26 Å². The van der Waals surface area contributed by atoms with Crippen molar-refractivity contribution in [2.24, 2.45) is 0 Å². The van der Waals surface area contributed by atoms with Crippen LogP contribution in [0, 0.1) is 11.3 Å². The average Bonchev–Trinajstić information content (AvgIpc) is 2.67. The maximum Gasteiger partial charge on any atom is 0.0962 e. The van der Waals surface area contributed by atoms with Gasteiger partial charge >= 0.3 is 0 Å². The highest BCUT2D eigenvalue weighted by Gasteiger charge is 2.21. The van der Waals surface area contributed by atoms with Gasteiger partial charge in [-0.2, -0.15) is 5.26 Å². The second-order valence-electron chi connectivity index (χ2n) is 3.71. The van der Waals surface area contributed by atoms with E-state index in [9.17, 15) is 0 Å². The van der Waals surface area contributed by atoms with Crippen LogP contribution in [0.5, 0.6) is 0 Å². The lowest BCUT2D eigenvalue weighted by atomic mass is 10.2. The normalized spacial score (nSPS) is 24.8. The summed E-state index contributed by atoms with van der Waals surface area (Å²) in [5, 5.41) is 11.7. The Bertz CT molecular complexity index is 202. The number of rotatable bonds is 5. The number of ether oxygens (including phenoxy) is 1. The van der Waals surface area contributed by atoms with Gasteiger partial charge in [0, 0.05) is 26.7 Å². The van der Waals surface area contributed by atoms with Gasteiger partial charge in [0.05, 0.1) is 18.2 Å². The van der Waals surface area contributed by atoms with Crippen molar-refractivity contribution in [3.63, 3.8) is 0 Å². The summed E-state index contributed by atoms with van der Waals surface area (Å²) in [6.07, 6.45) is 2.40. The third-order valence-electron chi connectivity index (χ3n) is 2.80. The largest absolute Gasteiger partial charge is 0.380 e. The molecule has 4 nitrogen and oxygen atoms in total. The molecule has 80 valence electrons. The van der Waals surface area contributed by atoms with Gasteiger partial charge in [-0.25, -0.2) is 0 Å². The summed E-state index contributed by atoms with van der Waals surface area (Å²) in [7, 11) is 3.59. The molecule has 0 aromatic heterocycles. The highest BCUT2D eigenvalue weighted by atomic mass is 16.5. The lowest BCUT2D eigenvalue weighted by Gasteiger charge is -2.16. The van der Waals surface area contributed by atoms with Crippen LogP contribution in [0.2, 0.25) is 0 Å². The van der Waals surface area contributed by atoms with Crippen molar-refractivity contribution in [2.45, 2.75) is 25.0 Å². The number of hydrogen-bond acceptors (Lipinski definition) is 4. The molecular weight excluding hydrogens is 178 g/mol.